The molecule has 2 aromatic rings. The fourth-order valence-electron chi connectivity index (χ4n) is 4.62. The van der Waals surface area contributed by atoms with E-state index in [-0.39, 0.29) is 42.1 Å². The van der Waals surface area contributed by atoms with Gasteiger partial charge in [-0.15, -0.1) is 0 Å². The number of anilines is 2. The predicted octanol–water partition coefficient (Wildman–Crippen LogP) is 4.47. The number of carboxylic acids is 1. The minimum absolute atomic E-state index is 0.0762. The average molecular weight is 523 g/mol. The van der Waals surface area contributed by atoms with Crippen molar-refractivity contribution < 1.29 is 24.3 Å². The number of rotatable bonds is 10. The number of hydrogen-bond acceptors (Lipinski definition) is 4. The lowest BCUT2D eigenvalue weighted by atomic mass is 9.86. The maximum absolute atomic E-state index is 13.0. The molecule has 204 valence electrons. The smallest absolute Gasteiger partial charge is 0.323 e. The van der Waals surface area contributed by atoms with Gasteiger partial charge in [0.15, 0.2) is 0 Å². The van der Waals surface area contributed by atoms with Crippen molar-refractivity contribution in [3.05, 3.63) is 59.7 Å². The normalized spacial score (nSPS) is 17.8. The third-order valence-corrected chi connectivity index (χ3v) is 6.75. The van der Waals surface area contributed by atoms with E-state index in [9.17, 15) is 24.3 Å². The van der Waals surface area contributed by atoms with Gasteiger partial charge in [-0.3, -0.25) is 14.4 Å². The van der Waals surface area contributed by atoms with Crippen molar-refractivity contribution in [3.8, 4) is 0 Å². The molecule has 9 nitrogen and oxygen atoms in total. The van der Waals surface area contributed by atoms with E-state index in [0.717, 1.165) is 16.8 Å². The van der Waals surface area contributed by atoms with E-state index in [0.29, 0.717) is 37.8 Å². The number of carboxylic acid groups (broad SMARTS) is 1. The third-order valence-electron chi connectivity index (χ3n) is 6.75. The summed E-state index contributed by atoms with van der Waals surface area (Å²) in [5.74, 6) is -1.43. The molecule has 0 aromatic heterocycles. The summed E-state index contributed by atoms with van der Waals surface area (Å²) in [6, 6.07) is 13.4. The Kier molecular flexibility index (Phi) is 10.3. The molecule has 1 fully saturated rings. The van der Waals surface area contributed by atoms with Gasteiger partial charge in [0.05, 0.1) is 12.3 Å². The van der Waals surface area contributed by atoms with Crippen LogP contribution in [0.5, 0.6) is 0 Å². The average Bonchev–Trinajstić information content (AvgIpc) is 2.86. The summed E-state index contributed by atoms with van der Waals surface area (Å²) in [4.78, 5) is 49.2. The molecule has 2 aromatic carbocycles. The van der Waals surface area contributed by atoms with Gasteiger partial charge >= 0.3 is 12.0 Å². The summed E-state index contributed by atoms with van der Waals surface area (Å²) in [7, 11) is 0. The molecule has 38 heavy (non-hydrogen) atoms. The Morgan fingerprint density at radius 2 is 1.58 bits per heavy atom. The molecule has 1 atom stereocenters. The molecule has 0 unspecified atom stereocenters. The first-order valence-electron chi connectivity index (χ1n) is 13.2. The zero-order chi connectivity index (χ0) is 27.7. The number of carbonyl (C=O) groups excluding carboxylic acids is 3. The lowest BCUT2D eigenvalue weighted by Crippen LogP contribution is -2.51. The monoisotopic (exact) mass is 522 g/mol. The summed E-state index contributed by atoms with van der Waals surface area (Å²) in [5.41, 5.74) is 3.03. The Labute approximate surface area is 223 Å². The van der Waals surface area contributed by atoms with Crippen LogP contribution in [0.3, 0.4) is 0 Å². The highest BCUT2D eigenvalue weighted by atomic mass is 16.4. The standard InChI is InChI=1S/C29H38N4O5/c1-18(2)16-25(27(35)30-22-14-10-21(11-15-22)28(36)37)32-26(34)17-20-8-12-23(13-9-20)31-29(38)33-24-7-5-4-6-19(24)3/h4-9,12-13,18,21-22,25H,10-11,14-17H2,1-3H3,(H,30,35)(H,32,34)(H,36,37)(H2,31,33,38)/t21?,22?,25-/m0/s1. The van der Waals surface area contributed by atoms with E-state index < -0.39 is 12.0 Å². The second-order valence-corrected chi connectivity index (χ2v) is 10.4. The number of para-hydroxylation sites is 1. The van der Waals surface area contributed by atoms with Crippen molar-refractivity contribution in [1.82, 2.24) is 10.6 Å². The van der Waals surface area contributed by atoms with Crippen LogP contribution in [0.2, 0.25) is 0 Å². The minimum atomic E-state index is -0.783. The molecule has 0 radical (unpaired) electrons. The molecule has 1 aliphatic carbocycles. The molecule has 0 saturated heterocycles. The van der Waals surface area contributed by atoms with Gasteiger partial charge in [-0.2, -0.15) is 0 Å². The number of carbonyl (C=O) groups is 4. The first-order chi connectivity index (χ1) is 18.1. The number of urea groups is 1. The molecular weight excluding hydrogens is 484 g/mol. The van der Waals surface area contributed by atoms with E-state index in [4.69, 9.17) is 0 Å². The molecule has 9 heteroatoms. The van der Waals surface area contributed by atoms with E-state index in [2.05, 4.69) is 21.3 Å². The second kappa shape index (κ2) is 13.6. The molecular formula is C29H38N4O5. The van der Waals surface area contributed by atoms with Gasteiger partial charge in [0.2, 0.25) is 11.8 Å². The topological polar surface area (TPSA) is 137 Å². The molecule has 1 saturated carbocycles. The van der Waals surface area contributed by atoms with E-state index in [1.165, 1.54) is 0 Å². The fourth-order valence-corrected chi connectivity index (χ4v) is 4.62. The van der Waals surface area contributed by atoms with Gasteiger partial charge in [-0.05, 0) is 74.3 Å². The van der Waals surface area contributed by atoms with Crippen molar-refractivity contribution in [2.45, 2.75) is 71.4 Å². The number of benzene rings is 2. The van der Waals surface area contributed by atoms with Gasteiger partial charge in [0.1, 0.15) is 6.04 Å². The molecule has 0 aliphatic heterocycles. The van der Waals surface area contributed by atoms with Crippen LogP contribution in [-0.2, 0) is 20.8 Å². The Balaban J connectivity index is 1.50. The van der Waals surface area contributed by atoms with Crippen LogP contribution < -0.4 is 21.3 Å². The number of nitrogens with one attached hydrogen (secondary N) is 4. The van der Waals surface area contributed by atoms with Crippen LogP contribution in [0.25, 0.3) is 0 Å². The molecule has 3 rings (SSSR count). The number of amides is 4. The first kappa shape index (κ1) is 28.7. The maximum atomic E-state index is 13.0. The Morgan fingerprint density at radius 3 is 2.18 bits per heavy atom. The fraction of sp³-hybridized carbons (Fsp3) is 0.448. The second-order valence-electron chi connectivity index (χ2n) is 10.4. The van der Waals surface area contributed by atoms with Crippen molar-refractivity contribution in [2.75, 3.05) is 10.6 Å². The maximum Gasteiger partial charge on any atom is 0.323 e. The molecule has 4 amide bonds. The number of hydrogen-bond donors (Lipinski definition) is 5. The minimum Gasteiger partial charge on any atom is -0.481 e. The van der Waals surface area contributed by atoms with Crippen molar-refractivity contribution >= 4 is 35.2 Å². The summed E-state index contributed by atoms with van der Waals surface area (Å²) in [5, 5.41) is 20.6. The molecule has 0 spiro atoms. The number of aliphatic carboxylic acids is 1. The zero-order valence-electron chi connectivity index (χ0n) is 22.3. The Bertz CT molecular complexity index is 1120. The highest BCUT2D eigenvalue weighted by Crippen LogP contribution is 2.24. The lowest BCUT2D eigenvalue weighted by molar-refractivity contribution is -0.143. The Morgan fingerprint density at radius 1 is 0.921 bits per heavy atom. The third kappa shape index (κ3) is 8.90. The lowest BCUT2D eigenvalue weighted by Gasteiger charge is -2.29. The van der Waals surface area contributed by atoms with Crippen LogP contribution in [0.15, 0.2) is 48.5 Å². The summed E-state index contributed by atoms with van der Waals surface area (Å²) in [6.45, 7) is 5.90. The summed E-state index contributed by atoms with van der Waals surface area (Å²) < 4.78 is 0. The van der Waals surface area contributed by atoms with Gasteiger partial charge < -0.3 is 26.4 Å². The quantitative estimate of drug-likeness (QED) is 0.314. The highest BCUT2D eigenvalue weighted by Gasteiger charge is 2.29. The molecule has 0 bridgehead atoms. The van der Waals surface area contributed by atoms with Crippen LogP contribution in [0, 0.1) is 18.8 Å². The van der Waals surface area contributed by atoms with Crippen LogP contribution in [-0.4, -0.2) is 41.0 Å². The largest absolute Gasteiger partial charge is 0.481 e. The SMILES string of the molecule is Cc1ccccc1NC(=O)Nc1ccc(CC(=O)N[C@@H](CC(C)C)C(=O)NC2CCC(C(=O)O)CC2)cc1. The van der Waals surface area contributed by atoms with E-state index in [1.807, 2.05) is 45.0 Å². The highest BCUT2D eigenvalue weighted by molar-refractivity contribution is 6.00. The van der Waals surface area contributed by atoms with Gasteiger partial charge in [0.25, 0.3) is 0 Å². The van der Waals surface area contributed by atoms with Crippen molar-refractivity contribution in [2.24, 2.45) is 11.8 Å². The summed E-state index contributed by atoms with van der Waals surface area (Å²) in [6.07, 6.45) is 2.92. The van der Waals surface area contributed by atoms with Crippen LogP contribution >= 0.6 is 0 Å². The van der Waals surface area contributed by atoms with Crippen LogP contribution in [0.1, 0.15) is 57.1 Å². The van der Waals surface area contributed by atoms with Crippen molar-refractivity contribution in [1.29, 1.82) is 0 Å². The summed E-state index contributed by atoms with van der Waals surface area (Å²) >= 11 is 0. The van der Waals surface area contributed by atoms with Gasteiger partial charge in [-0.1, -0.05) is 44.2 Å². The first-order valence-corrected chi connectivity index (χ1v) is 13.2. The van der Waals surface area contributed by atoms with Gasteiger partial charge in [0, 0.05) is 17.4 Å². The zero-order valence-corrected chi connectivity index (χ0v) is 22.3. The van der Waals surface area contributed by atoms with Gasteiger partial charge in [-0.25, -0.2) is 4.79 Å². The van der Waals surface area contributed by atoms with Crippen LogP contribution in [0.4, 0.5) is 16.2 Å². The van der Waals surface area contributed by atoms with E-state index in [1.54, 1.807) is 24.3 Å². The molecule has 5 N–H and O–H groups in total. The molecule has 1 aliphatic rings. The van der Waals surface area contributed by atoms with E-state index >= 15 is 0 Å². The molecule has 0 heterocycles. The van der Waals surface area contributed by atoms with Crippen molar-refractivity contribution in [3.63, 3.8) is 0 Å². The number of aryl methyl sites for hydroxylation is 1. The Hall–Kier alpha value is -3.88. The predicted molar refractivity (Wildman–Crippen MR) is 147 cm³/mol.